The Morgan fingerprint density at radius 2 is 1.72 bits per heavy atom. The number of carbonyl (C=O) groups is 2. The zero-order valence-electron chi connectivity index (χ0n) is 22.7. The van der Waals surface area contributed by atoms with E-state index in [9.17, 15) is 9.59 Å². The molecule has 0 spiro atoms. The van der Waals surface area contributed by atoms with Gasteiger partial charge in [-0.15, -0.1) is 0 Å². The van der Waals surface area contributed by atoms with Crippen LogP contribution in [0.15, 0.2) is 78.4 Å². The highest BCUT2D eigenvalue weighted by atomic mass is 16.5. The Balaban J connectivity index is 1.27. The van der Waals surface area contributed by atoms with Crippen molar-refractivity contribution in [3.05, 3.63) is 95.1 Å². The summed E-state index contributed by atoms with van der Waals surface area (Å²) in [5.74, 6) is 1.81. The Morgan fingerprint density at radius 1 is 1.00 bits per heavy atom. The Hall–Kier alpha value is -3.90. The quantitative estimate of drug-likeness (QED) is 0.361. The normalized spacial score (nSPS) is 17.6. The van der Waals surface area contributed by atoms with Gasteiger partial charge in [-0.05, 0) is 74.3 Å². The molecule has 1 fully saturated rings. The summed E-state index contributed by atoms with van der Waals surface area (Å²) in [6, 6.07) is 24.2. The number of nitrogens with zero attached hydrogens (tertiary/aromatic N) is 1. The molecule has 6 heteroatoms. The number of hydrogen-bond acceptors (Lipinski definition) is 5. The predicted octanol–water partition coefficient (Wildman–Crippen LogP) is 6.57. The lowest BCUT2D eigenvalue weighted by molar-refractivity contribution is -0.121. The second-order valence-corrected chi connectivity index (χ2v) is 10.4. The van der Waals surface area contributed by atoms with Gasteiger partial charge in [-0.25, -0.2) is 0 Å². The summed E-state index contributed by atoms with van der Waals surface area (Å²) in [5, 5.41) is 3.08. The predicted molar refractivity (Wildman–Crippen MR) is 154 cm³/mol. The van der Waals surface area contributed by atoms with Crippen LogP contribution in [-0.4, -0.2) is 36.3 Å². The van der Waals surface area contributed by atoms with E-state index in [1.54, 1.807) is 0 Å². The fourth-order valence-electron chi connectivity index (χ4n) is 5.33. The molecule has 3 aromatic carbocycles. The summed E-state index contributed by atoms with van der Waals surface area (Å²) < 4.78 is 12.0. The van der Waals surface area contributed by atoms with Crippen LogP contribution >= 0.6 is 0 Å². The van der Waals surface area contributed by atoms with Gasteiger partial charge in [-0.1, -0.05) is 42.5 Å². The minimum absolute atomic E-state index is 0.136. The smallest absolute Gasteiger partial charge is 0.251 e. The van der Waals surface area contributed by atoms with Gasteiger partial charge in [-0.3, -0.25) is 14.5 Å². The summed E-state index contributed by atoms with van der Waals surface area (Å²) in [5.41, 5.74) is 4.48. The van der Waals surface area contributed by atoms with Gasteiger partial charge >= 0.3 is 0 Å². The number of amides is 1. The molecule has 5 rings (SSSR count). The van der Waals surface area contributed by atoms with Crippen molar-refractivity contribution >= 4 is 23.5 Å². The standard InChI is InChI=1S/C33H36N2O4/c1-3-38-30-18-10-24(11-19-30)32-21-26(20-25-6-4-5-7-31(25)39-32)33(37)34-27-12-8-23(9-13-27)22-35(2)28-14-16-29(36)17-15-28/h4-13,18-20,28,32H,3,14-17,21-22H2,1-2H3,(H,34,37). The number of rotatable bonds is 8. The molecule has 2 aliphatic rings. The van der Waals surface area contributed by atoms with E-state index >= 15 is 0 Å². The van der Waals surface area contributed by atoms with Crippen molar-refractivity contribution < 1.29 is 19.1 Å². The second kappa shape index (κ2) is 12.3. The molecule has 0 bridgehead atoms. The van der Waals surface area contributed by atoms with E-state index in [1.165, 1.54) is 5.56 Å². The zero-order valence-corrected chi connectivity index (χ0v) is 22.7. The van der Waals surface area contributed by atoms with E-state index < -0.39 is 0 Å². The van der Waals surface area contributed by atoms with Crippen molar-refractivity contribution in [1.29, 1.82) is 0 Å². The Bertz CT molecular complexity index is 1320. The first-order chi connectivity index (χ1) is 19.0. The number of benzene rings is 3. The maximum Gasteiger partial charge on any atom is 0.251 e. The van der Waals surface area contributed by atoms with Crippen molar-refractivity contribution in [2.24, 2.45) is 0 Å². The molecular weight excluding hydrogens is 488 g/mol. The highest BCUT2D eigenvalue weighted by Gasteiger charge is 2.25. The number of anilines is 1. The van der Waals surface area contributed by atoms with Crippen LogP contribution in [0.4, 0.5) is 5.69 Å². The SMILES string of the molecule is CCOc1ccc(C2CC(C(=O)Nc3ccc(CN(C)C4CCC(=O)CC4)cc3)=Cc3ccccc3O2)cc1. The summed E-state index contributed by atoms with van der Waals surface area (Å²) in [6.45, 7) is 3.39. The maximum atomic E-state index is 13.5. The second-order valence-electron chi connectivity index (χ2n) is 10.4. The third-order valence-corrected chi connectivity index (χ3v) is 7.56. The number of fused-ring (bicyclic) bond motifs is 1. The molecule has 6 nitrogen and oxygen atoms in total. The molecular formula is C33H36N2O4. The van der Waals surface area contributed by atoms with Crippen molar-refractivity contribution in [2.45, 2.75) is 57.7 Å². The Kier molecular flexibility index (Phi) is 8.42. The third-order valence-electron chi connectivity index (χ3n) is 7.56. The first-order valence-electron chi connectivity index (χ1n) is 13.8. The monoisotopic (exact) mass is 524 g/mol. The van der Waals surface area contributed by atoms with Gasteiger partial charge in [0.2, 0.25) is 0 Å². The van der Waals surface area contributed by atoms with E-state index in [0.29, 0.717) is 43.3 Å². The van der Waals surface area contributed by atoms with Crippen LogP contribution < -0.4 is 14.8 Å². The van der Waals surface area contributed by atoms with E-state index in [4.69, 9.17) is 9.47 Å². The summed E-state index contributed by atoms with van der Waals surface area (Å²) in [4.78, 5) is 27.3. The summed E-state index contributed by atoms with van der Waals surface area (Å²) in [7, 11) is 2.12. The van der Waals surface area contributed by atoms with Crippen LogP contribution in [0.5, 0.6) is 11.5 Å². The van der Waals surface area contributed by atoms with Crippen LogP contribution in [0.3, 0.4) is 0 Å². The van der Waals surface area contributed by atoms with Crippen molar-refractivity contribution in [3.63, 3.8) is 0 Å². The average Bonchev–Trinajstić information content (AvgIpc) is 3.15. The first-order valence-corrected chi connectivity index (χ1v) is 13.8. The maximum absolute atomic E-state index is 13.5. The lowest BCUT2D eigenvalue weighted by Gasteiger charge is -2.30. The largest absolute Gasteiger partial charge is 0.494 e. The number of carbonyl (C=O) groups excluding carboxylic acids is 2. The Labute approximate surface area is 230 Å². The van der Waals surface area contributed by atoms with Crippen LogP contribution in [-0.2, 0) is 16.1 Å². The van der Waals surface area contributed by atoms with Gasteiger partial charge in [0, 0.05) is 48.7 Å². The number of ketones is 1. The van der Waals surface area contributed by atoms with Gasteiger partial charge in [-0.2, -0.15) is 0 Å². The molecule has 1 unspecified atom stereocenters. The van der Waals surface area contributed by atoms with E-state index in [2.05, 4.69) is 29.4 Å². The molecule has 0 aromatic heterocycles. The molecule has 1 aliphatic carbocycles. The van der Waals surface area contributed by atoms with E-state index in [1.807, 2.05) is 73.7 Å². The van der Waals surface area contributed by atoms with Gasteiger partial charge in [0.15, 0.2) is 0 Å². The lowest BCUT2D eigenvalue weighted by Crippen LogP contribution is -2.34. The van der Waals surface area contributed by atoms with Gasteiger partial charge in [0.25, 0.3) is 5.91 Å². The summed E-state index contributed by atoms with van der Waals surface area (Å²) in [6.07, 6.45) is 5.31. The molecule has 0 radical (unpaired) electrons. The van der Waals surface area contributed by atoms with Crippen molar-refractivity contribution in [1.82, 2.24) is 4.90 Å². The first kappa shape index (κ1) is 26.7. The topological polar surface area (TPSA) is 67.9 Å². The zero-order chi connectivity index (χ0) is 27.2. The Morgan fingerprint density at radius 3 is 2.44 bits per heavy atom. The molecule has 0 saturated heterocycles. The highest BCUT2D eigenvalue weighted by molar-refractivity contribution is 6.07. The number of hydrogen-bond donors (Lipinski definition) is 1. The molecule has 1 amide bonds. The van der Waals surface area contributed by atoms with E-state index in [0.717, 1.165) is 47.7 Å². The molecule has 1 saturated carbocycles. The molecule has 1 atom stereocenters. The van der Waals surface area contributed by atoms with Crippen molar-refractivity contribution in [2.75, 3.05) is 19.0 Å². The average molecular weight is 525 g/mol. The minimum Gasteiger partial charge on any atom is -0.494 e. The molecule has 1 N–H and O–H groups in total. The van der Waals surface area contributed by atoms with E-state index in [-0.39, 0.29) is 12.0 Å². The highest BCUT2D eigenvalue weighted by Crippen LogP contribution is 2.36. The molecule has 1 aliphatic heterocycles. The van der Waals surface area contributed by atoms with Crippen LogP contribution in [0.25, 0.3) is 6.08 Å². The number of para-hydroxylation sites is 1. The fourth-order valence-corrected chi connectivity index (χ4v) is 5.33. The molecule has 202 valence electrons. The van der Waals surface area contributed by atoms with Gasteiger partial charge in [0.05, 0.1) is 6.61 Å². The number of Topliss-reactive ketones (excluding diaryl/α,β-unsaturated/α-hetero) is 1. The lowest BCUT2D eigenvalue weighted by atomic mass is 9.93. The third kappa shape index (κ3) is 6.76. The molecule has 39 heavy (non-hydrogen) atoms. The van der Waals surface area contributed by atoms with Crippen LogP contribution in [0.1, 0.15) is 61.8 Å². The summed E-state index contributed by atoms with van der Waals surface area (Å²) >= 11 is 0. The minimum atomic E-state index is -0.297. The van der Waals surface area contributed by atoms with Gasteiger partial charge < -0.3 is 14.8 Å². The van der Waals surface area contributed by atoms with Crippen LogP contribution in [0, 0.1) is 0 Å². The van der Waals surface area contributed by atoms with Crippen molar-refractivity contribution in [3.8, 4) is 11.5 Å². The van der Waals surface area contributed by atoms with Gasteiger partial charge in [0.1, 0.15) is 23.4 Å². The molecule has 1 heterocycles. The number of ether oxygens (including phenoxy) is 2. The molecule has 3 aromatic rings. The number of nitrogens with one attached hydrogen (secondary N) is 1. The fraction of sp³-hybridized carbons (Fsp3) is 0.333. The van der Waals surface area contributed by atoms with Crippen LogP contribution in [0.2, 0.25) is 0 Å².